The van der Waals surface area contributed by atoms with Gasteiger partial charge in [-0.3, -0.25) is 4.99 Å². The topological polar surface area (TPSA) is 12.4 Å². The highest BCUT2D eigenvalue weighted by Gasteiger charge is 1.88. The van der Waals surface area contributed by atoms with Crippen LogP contribution in [-0.2, 0) is 0 Å². The van der Waals surface area contributed by atoms with Gasteiger partial charge in [0.2, 0.25) is 0 Å². The summed E-state index contributed by atoms with van der Waals surface area (Å²) in [5, 5.41) is 0. The van der Waals surface area contributed by atoms with E-state index in [9.17, 15) is 0 Å². The van der Waals surface area contributed by atoms with Gasteiger partial charge in [-0.1, -0.05) is 25.8 Å². The van der Waals surface area contributed by atoms with Crippen molar-refractivity contribution in [2.75, 3.05) is 7.05 Å². The third-order valence-corrected chi connectivity index (χ3v) is 1.48. The minimum Gasteiger partial charge on any atom is -0.297 e. The second kappa shape index (κ2) is 6.53. The molecule has 0 atom stereocenters. The number of aliphatic imine (C=N–C) groups is 1. The van der Waals surface area contributed by atoms with Crippen LogP contribution in [0.5, 0.6) is 0 Å². The van der Waals surface area contributed by atoms with Crippen LogP contribution in [0.4, 0.5) is 0 Å². The lowest BCUT2D eigenvalue weighted by molar-refractivity contribution is 0.860. The molecule has 0 saturated heterocycles. The van der Waals surface area contributed by atoms with Crippen molar-refractivity contribution in [3.05, 3.63) is 11.6 Å². The van der Waals surface area contributed by atoms with Crippen molar-refractivity contribution in [1.29, 1.82) is 0 Å². The van der Waals surface area contributed by atoms with Crippen LogP contribution in [0.1, 0.15) is 33.1 Å². The monoisotopic (exact) mass is 139 g/mol. The quantitative estimate of drug-likeness (QED) is 0.531. The summed E-state index contributed by atoms with van der Waals surface area (Å²) in [6.45, 7) is 4.39. The van der Waals surface area contributed by atoms with Gasteiger partial charge in [0.25, 0.3) is 0 Å². The Morgan fingerprint density at radius 2 is 2.10 bits per heavy atom. The molecular formula is C9H17N. The lowest BCUT2D eigenvalue weighted by atomic mass is 10.1. The number of hydrogen-bond donors (Lipinski definition) is 0. The maximum absolute atomic E-state index is 3.90. The minimum absolute atomic E-state index is 1.15. The maximum atomic E-state index is 3.90. The summed E-state index contributed by atoms with van der Waals surface area (Å²) in [4.78, 5) is 3.90. The molecule has 58 valence electrons. The minimum atomic E-state index is 1.15. The van der Waals surface area contributed by atoms with Gasteiger partial charge in [0.05, 0.1) is 0 Å². The fourth-order valence-electron chi connectivity index (χ4n) is 0.879. The Balaban J connectivity index is 3.78. The first-order valence-corrected chi connectivity index (χ1v) is 3.95. The zero-order chi connectivity index (χ0) is 7.82. The summed E-state index contributed by atoms with van der Waals surface area (Å²) in [5.41, 5.74) is 1.49. The van der Waals surface area contributed by atoms with Crippen molar-refractivity contribution in [3.8, 4) is 0 Å². The summed E-state index contributed by atoms with van der Waals surface area (Å²) in [5.74, 6) is 0. The molecule has 0 N–H and O–H groups in total. The zero-order valence-electron chi connectivity index (χ0n) is 7.22. The standard InChI is InChI=1S/C9H17N/c1-4-6-9(5-2)7-8-10-3/h7-8H,4-6H2,1-3H3/b9-7+,10-8?. The van der Waals surface area contributed by atoms with E-state index < -0.39 is 0 Å². The van der Waals surface area contributed by atoms with E-state index in [1.807, 2.05) is 6.21 Å². The fourth-order valence-corrected chi connectivity index (χ4v) is 0.879. The van der Waals surface area contributed by atoms with E-state index in [1.54, 1.807) is 7.05 Å². The van der Waals surface area contributed by atoms with Crippen LogP contribution in [0.25, 0.3) is 0 Å². The molecule has 0 aliphatic rings. The molecule has 0 aliphatic heterocycles. The van der Waals surface area contributed by atoms with Crippen LogP contribution in [0, 0.1) is 0 Å². The Morgan fingerprint density at radius 1 is 1.40 bits per heavy atom. The van der Waals surface area contributed by atoms with E-state index in [0.717, 1.165) is 6.42 Å². The van der Waals surface area contributed by atoms with Crippen LogP contribution < -0.4 is 0 Å². The molecule has 0 heterocycles. The summed E-state index contributed by atoms with van der Waals surface area (Å²) in [6.07, 6.45) is 7.58. The van der Waals surface area contributed by atoms with Crippen LogP contribution >= 0.6 is 0 Å². The molecule has 0 fully saturated rings. The van der Waals surface area contributed by atoms with Gasteiger partial charge in [-0.25, -0.2) is 0 Å². The Kier molecular flexibility index (Phi) is 6.14. The average molecular weight is 139 g/mol. The Labute approximate surface area is 63.9 Å². The highest BCUT2D eigenvalue weighted by atomic mass is 14.6. The van der Waals surface area contributed by atoms with E-state index in [0.29, 0.717) is 0 Å². The molecule has 0 aromatic carbocycles. The highest BCUT2D eigenvalue weighted by molar-refractivity contribution is 5.71. The molecule has 1 heteroatoms. The Morgan fingerprint density at radius 3 is 2.50 bits per heavy atom. The number of nitrogens with zero attached hydrogens (tertiary/aromatic N) is 1. The van der Waals surface area contributed by atoms with Gasteiger partial charge in [-0.2, -0.15) is 0 Å². The normalized spacial score (nSPS) is 12.9. The largest absolute Gasteiger partial charge is 0.297 e. The summed E-state index contributed by atoms with van der Waals surface area (Å²) < 4.78 is 0. The van der Waals surface area contributed by atoms with Gasteiger partial charge in [-0.15, -0.1) is 0 Å². The van der Waals surface area contributed by atoms with Crippen LogP contribution in [0.15, 0.2) is 16.6 Å². The first kappa shape index (κ1) is 9.41. The first-order valence-electron chi connectivity index (χ1n) is 3.95. The van der Waals surface area contributed by atoms with Crippen molar-refractivity contribution in [2.24, 2.45) is 4.99 Å². The van der Waals surface area contributed by atoms with Gasteiger partial charge in [0, 0.05) is 13.3 Å². The molecule has 0 aliphatic carbocycles. The van der Waals surface area contributed by atoms with E-state index >= 15 is 0 Å². The average Bonchev–Trinajstić information content (AvgIpc) is 1.98. The summed E-state index contributed by atoms with van der Waals surface area (Å²) >= 11 is 0. The zero-order valence-corrected chi connectivity index (χ0v) is 7.22. The molecule has 0 aromatic rings. The van der Waals surface area contributed by atoms with Gasteiger partial charge in [0.1, 0.15) is 0 Å². The molecule has 0 unspecified atom stereocenters. The second-order valence-electron chi connectivity index (χ2n) is 2.34. The van der Waals surface area contributed by atoms with Crippen LogP contribution in [-0.4, -0.2) is 13.3 Å². The summed E-state index contributed by atoms with van der Waals surface area (Å²) in [7, 11) is 1.80. The molecule has 0 radical (unpaired) electrons. The molecule has 0 aromatic heterocycles. The first-order chi connectivity index (χ1) is 4.85. The van der Waals surface area contributed by atoms with Gasteiger partial charge in [0.15, 0.2) is 0 Å². The van der Waals surface area contributed by atoms with E-state index in [-0.39, 0.29) is 0 Å². The van der Waals surface area contributed by atoms with Crippen molar-refractivity contribution < 1.29 is 0 Å². The lowest BCUT2D eigenvalue weighted by Gasteiger charge is -1.97. The predicted molar refractivity (Wildman–Crippen MR) is 47.7 cm³/mol. The van der Waals surface area contributed by atoms with Gasteiger partial charge in [-0.05, 0) is 18.9 Å². The molecule has 0 rings (SSSR count). The fraction of sp³-hybridized carbons (Fsp3) is 0.667. The van der Waals surface area contributed by atoms with Gasteiger partial charge >= 0.3 is 0 Å². The third kappa shape index (κ3) is 4.30. The SMILES string of the molecule is CCC/C(=C/C=NC)CC. The second-order valence-corrected chi connectivity index (χ2v) is 2.34. The van der Waals surface area contributed by atoms with Crippen molar-refractivity contribution in [3.63, 3.8) is 0 Å². The number of hydrogen-bond acceptors (Lipinski definition) is 1. The molecule has 10 heavy (non-hydrogen) atoms. The highest BCUT2D eigenvalue weighted by Crippen LogP contribution is 2.07. The number of rotatable bonds is 4. The van der Waals surface area contributed by atoms with Crippen molar-refractivity contribution in [1.82, 2.24) is 0 Å². The maximum Gasteiger partial charge on any atom is 0.0277 e. The molecule has 0 amide bonds. The molecule has 0 bridgehead atoms. The molecule has 1 nitrogen and oxygen atoms in total. The van der Waals surface area contributed by atoms with E-state index in [2.05, 4.69) is 24.9 Å². The third-order valence-electron chi connectivity index (χ3n) is 1.48. The Hall–Kier alpha value is -0.590. The molecular weight excluding hydrogens is 122 g/mol. The van der Waals surface area contributed by atoms with E-state index in [4.69, 9.17) is 0 Å². The molecule has 0 saturated carbocycles. The number of allylic oxidation sites excluding steroid dienone is 2. The smallest absolute Gasteiger partial charge is 0.0277 e. The Bertz CT molecular complexity index is 123. The predicted octanol–water partition coefficient (Wildman–Crippen LogP) is 2.82. The molecule has 0 spiro atoms. The van der Waals surface area contributed by atoms with Crippen LogP contribution in [0.2, 0.25) is 0 Å². The summed E-state index contributed by atoms with van der Waals surface area (Å²) in [6, 6.07) is 0. The van der Waals surface area contributed by atoms with E-state index in [1.165, 1.54) is 18.4 Å². The van der Waals surface area contributed by atoms with Crippen molar-refractivity contribution in [2.45, 2.75) is 33.1 Å². The van der Waals surface area contributed by atoms with Crippen LogP contribution in [0.3, 0.4) is 0 Å². The van der Waals surface area contributed by atoms with Crippen molar-refractivity contribution >= 4 is 6.21 Å². The lowest BCUT2D eigenvalue weighted by Crippen LogP contribution is -1.80. The van der Waals surface area contributed by atoms with Gasteiger partial charge < -0.3 is 0 Å².